The highest BCUT2D eigenvalue weighted by Crippen LogP contribution is 2.21. The van der Waals surface area contributed by atoms with Crippen LogP contribution in [0.5, 0.6) is 0 Å². The molecule has 1 nitrogen and oxygen atoms in total. The van der Waals surface area contributed by atoms with Gasteiger partial charge in [0.05, 0.1) is 0 Å². The average molecular weight is 159 g/mol. The van der Waals surface area contributed by atoms with E-state index >= 15 is 0 Å². The van der Waals surface area contributed by atoms with Crippen molar-refractivity contribution < 1.29 is 0 Å². The van der Waals surface area contributed by atoms with E-state index in [2.05, 4.69) is 19.2 Å². The Kier molecular flexibility index (Phi) is 8.20. The molecule has 1 aliphatic heterocycles. The van der Waals surface area contributed by atoms with Crippen molar-refractivity contribution >= 4 is 0 Å². The van der Waals surface area contributed by atoms with Crippen molar-refractivity contribution in [2.75, 3.05) is 13.1 Å². The van der Waals surface area contributed by atoms with E-state index in [9.17, 15) is 0 Å². The highest BCUT2D eigenvalue weighted by atomic mass is 14.9. The highest BCUT2D eigenvalue weighted by molar-refractivity contribution is 4.78. The molecule has 0 spiro atoms. The molecular formula is C10H25N. The van der Waals surface area contributed by atoms with Crippen LogP contribution in [0, 0.1) is 11.8 Å². The summed E-state index contributed by atoms with van der Waals surface area (Å²) < 4.78 is 0. The summed E-state index contributed by atoms with van der Waals surface area (Å²) in [6.07, 6.45) is 2.71. The zero-order valence-corrected chi connectivity index (χ0v) is 6.48. The zero-order chi connectivity index (χ0) is 6.69. The van der Waals surface area contributed by atoms with Crippen LogP contribution in [0.25, 0.3) is 0 Å². The normalized spacial score (nSPS) is 28.9. The van der Waals surface area contributed by atoms with Gasteiger partial charge in [-0.15, -0.1) is 0 Å². The van der Waals surface area contributed by atoms with Crippen molar-refractivity contribution in [3.8, 4) is 0 Å². The van der Waals surface area contributed by atoms with Crippen LogP contribution >= 0.6 is 0 Å². The minimum atomic E-state index is 0. The molecule has 0 bridgehead atoms. The molecule has 1 saturated heterocycles. The molecule has 0 aliphatic carbocycles. The van der Waals surface area contributed by atoms with E-state index in [1.54, 1.807) is 0 Å². The topological polar surface area (TPSA) is 12.0 Å². The summed E-state index contributed by atoms with van der Waals surface area (Å²) in [5.41, 5.74) is 0. The first-order valence-corrected chi connectivity index (χ1v) is 4.09. The molecule has 0 aromatic heterocycles. The Balaban J connectivity index is 0. The third kappa shape index (κ3) is 3.24. The molecule has 1 aliphatic rings. The molecule has 0 amide bonds. The van der Waals surface area contributed by atoms with Crippen LogP contribution in [-0.4, -0.2) is 13.1 Å². The molecule has 1 heterocycles. The van der Waals surface area contributed by atoms with E-state index in [0.29, 0.717) is 0 Å². The Morgan fingerprint density at radius 2 is 1.36 bits per heavy atom. The van der Waals surface area contributed by atoms with Crippen molar-refractivity contribution in [2.24, 2.45) is 11.8 Å². The molecule has 0 aromatic rings. The summed E-state index contributed by atoms with van der Waals surface area (Å²) in [5.74, 6) is 1.94. The average Bonchev–Trinajstić information content (AvgIpc) is 2.33. The Labute approximate surface area is 72.6 Å². The number of hydrogen-bond donors (Lipinski definition) is 1. The summed E-state index contributed by atoms with van der Waals surface area (Å²) in [6.45, 7) is 7.10. The molecule has 1 fully saturated rings. The van der Waals surface area contributed by atoms with Crippen LogP contribution in [0.15, 0.2) is 0 Å². The van der Waals surface area contributed by atoms with Gasteiger partial charge in [0.15, 0.2) is 0 Å². The highest BCUT2D eigenvalue weighted by Gasteiger charge is 2.22. The molecule has 2 unspecified atom stereocenters. The lowest BCUT2D eigenvalue weighted by Gasteiger charge is -2.12. The van der Waals surface area contributed by atoms with E-state index in [4.69, 9.17) is 0 Å². The van der Waals surface area contributed by atoms with Gasteiger partial charge in [0.25, 0.3) is 0 Å². The summed E-state index contributed by atoms with van der Waals surface area (Å²) in [6, 6.07) is 0. The second kappa shape index (κ2) is 6.66. The molecule has 0 aromatic carbocycles. The molecular weight excluding hydrogens is 134 g/mol. The second-order valence-electron chi connectivity index (χ2n) is 2.99. The first-order chi connectivity index (χ1) is 4.38. The van der Waals surface area contributed by atoms with Crippen molar-refractivity contribution in [3.63, 3.8) is 0 Å². The molecule has 70 valence electrons. The maximum absolute atomic E-state index is 3.42. The molecule has 0 radical (unpaired) electrons. The first-order valence-electron chi connectivity index (χ1n) is 4.09. The predicted octanol–water partition coefficient (Wildman–Crippen LogP) is 2.91. The van der Waals surface area contributed by atoms with E-state index < -0.39 is 0 Å². The largest absolute Gasteiger partial charge is 0.316 e. The van der Waals surface area contributed by atoms with Crippen molar-refractivity contribution in [1.29, 1.82) is 0 Å². The maximum Gasteiger partial charge on any atom is -0.00174 e. The Bertz CT molecular complexity index is 70.9. The number of hydrogen-bond acceptors (Lipinski definition) is 1. The number of rotatable bonds is 2. The van der Waals surface area contributed by atoms with Crippen LogP contribution in [-0.2, 0) is 0 Å². The van der Waals surface area contributed by atoms with Crippen LogP contribution in [0.2, 0.25) is 0 Å². The van der Waals surface area contributed by atoms with Gasteiger partial charge in [-0.25, -0.2) is 0 Å². The summed E-state index contributed by atoms with van der Waals surface area (Å²) in [4.78, 5) is 0. The molecule has 1 heteroatoms. The lowest BCUT2D eigenvalue weighted by atomic mass is 9.92. The Hall–Kier alpha value is -0.0400. The molecule has 2 atom stereocenters. The van der Waals surface area contributed by atoms with Gasteiger partial charge in [0, 0.05) is 0 Å². The van der Waals surface area contributed by atoms with E-state index in [1.807, 2.05) is 0 Å². The van der Waals surface area contributed by atoms with Gasteiger partial charge >= 0.3 is 0 Å². The van der Waals surface area contributed by atoms with Crippen molar-refractivity contribution in [2.45, 2.75) is 41.5 Å². The summed E-state index contributed by atoms with van der Waals surface area (Å²) in [7, 11) is 0. The minimum absolute atomic E-state index is 0. The third-order valence-electron chi connectivity index (χ3n) is 2.53. The minimum Gasteiger partial charge on any atom is -0.316 e. The van der Waals surface area contributed by atoms with E-state index in [0.717, 1.165) is 11.8 Å². The van der Waals surface area contributed by atoms with Gasteiger partial charge in [-0.2, -0.15) is 0 Å². The fourth-order valence-corrected chi connectivity index (χ4v) is 1.74. The second-order valence-corrected chi connectivity index (χ2v) is 2.99. The SMILES string of the molecule is C.C.CCC1CNCC1CC. The van der Waals surface area contributed by atoms with Crippen LogP contribution in [0.3, 0.4) is 0 Å². The molecule has 1 rings (SSSR count). The molecule has 0 saturated carbocycles. The predicted molar refractivity (Wildman–Crippen MR) is 53.9 cm³/mol. The standard InChI is InChI=1S/C8H17N.2CH4/c1-3-7-5-9-6-8(7)4-2;;/h7-9H,3-6H2,1-2H3;2*1H4. The summed E-state index contributed by atoms with van der Waals surface area (Å²) in [5, 5.41) is 3.42. The van der Waals surface area contributed by atoms with Gasteiger partial charge in [-0.1, -0.05) is 41.5 Å². The smallest absolute Gasteiger partial charge is 0.00174 e. The van der Waals surface area contributed by atoms with E-state index in [1.165, 1.54) is 25.9 Å². The Morgan fingerprint density at radius 1 is 1.00 bits per heavy atom. The zero-order valence-electron chi connectivity index (χ0n) is 6.48. The first kappa shape index (κ1) is 13.5. The lowest BCUT2D eigenvalue weighted by molar-refractivity contribution is 0.397. The van der Waals surface area contributed by atoms with Crippen molar-refractivity contribution in [1.82, 2.24) is 5.32 Å². The lowest BCUT2D eigenvalue weighted by Crippen LogP contribution is -2.09. The monoisotopic (exact) mass is 159 g/mol. The van der Waals surface area contributed by atoms with Crippen LogP contribution < -0.4 is 5.32 Å². The van der Waals surface area contributed by atoms with Gasteiger partial charge in [0.1, 0.15) is 0 Å². The summed E-state index contributed by atoms with van der Waals surface area (Å²) >= 11 is 0. The fraction of sp³-hybridized carbons (Fsp3) is 1.00. The van der Waals surface area contributed by atoms with Gasteiger partial charge in [-0.3, -0.25) is 0 Å². The van der Waals surface area contributed by atoms with Gasteiger partial charge < -0.3 is 5.32 Å². The maximum atomic E-state index is 3.42. The van der Waals surface area contributed by atoms with E-state index in [-0.39, 0.29) is 14.9 Å². The van der Waals surface area contributed by atoms with Crippen molar-refractivity contribution in [3.05, 3.63) is 0 Å². The van der Waals surface area contributed by atoms with Gasteiger partial charge in [0.2, 0.25) is 0 Å². The molecule has 1 N–H and O–H groups in total. The molecule has 11 heavy (non-hydrogen) atoms. The fourth-order valence-electron chi connectivity index (χ4n) is 1.74. The Morgan fingerprint density at radius 3 is 1.64 bits per heavy atom. The van der Waals surface area contributed by atoms with Crippen LogP contribution in [0.1, 0.15) is 41.5 Å². The van der Waals surface area contributed by atoms with Gasteiger partial charge in [-0.05, 0) is 24.9 Å². The third-order valence-corrected chi connectivity index (χ3v) is 2.53. The number of nitrogens with one attached hydrogen (secondary N) is 1. The van der Waals surface area contributed by atoms with Crippen LogP contribution in [0.4, 0.5) is 0 Å². The quantitative estimate of drug-likeness (QED) is 0.653.